The number of aliphatic hydroxyl groups excluding tert-OH is 1. The summed E-state index contributed by atoms with van der Waals surface area (Å²) in [5.74, 6) is -0.431. The maximum absolute atomic E-state index is 11.2. The summed E-state index contributed by atoms with van der Waals surface area (Å²) >= 11 is 5.55. The number of halogens is 1. The van der Waals surface area contributed by atoms with Crippen molar-refractivity contribution in [3.05, 3.63) is 0 Å². The fourth-order valence-electron chi connectivity index (χ4n) is 0.861. The van der Waals surface area contributed by atoms with Crippen LogP contribution in [0.3, 0.4) is 0 Å². The molecule has 4 heteroatoms. The van der Waals surface area contributed by atoms with Gasteiger partial charge in [0.05, 0.1) is 0 Å². The first-order chi connectivity index (χ1) is 5.95. The molecule has 0 aliphatic heterocycles. The lowest BCUT2D eigenvalue weighted by molar-refractivity contribution is -0.159. The predicted octanol–water partition coefficient (Wildman–Crippen LogP) is 1.71. The molecule has 0 fully saturated rings. The molecular weight excluding hydrogens is 192 g/mol. The number of aliphatic hydroxyl groups is 1. The average molecular weight is 209 g/mol. The van der Waals surface area contributed by atoms with E-state index in [0.717, 1.165) is 0 Å². The summed E-state index contributed by atoms with van der Waals surface area (Å²) in [4.78, 5) is 11.2. The Kier molecular flexibility index (Phi) is 5.33. The third kappa shape index (κ3) is 4.48. The van der Waals surface area contributed by atoms with Crippen molar-refractivity contribution in [3.8, 4) is 0 Å². The molecule has 0 aliphatic rings. The second-order valence-corrected chi connectivity index (χ2v) is 3.97. The zero-order valence-electron chi connectivity index (χ0n) is 8.34. The summed E-state index contributed by atoms with van der Waals surface area (Å²) in [5, 5.41) is 8.13. The van der Waals surface area contributed by atoms with E-state index in [0.29, 0.717) is 12.8 Å². The first kappa shape index (κ1) is 12.7. The van der Waals surface area contributed by atoms with Gasteiger partial charge in [-0.3, -0.25) is 4.79 Å². The SMILES string of the molecule is CCC(C)(CCO)OC(=O)C(C)Cl. The predicted molar refractivity (Wildman–Crippen MR) is 51.8 cm³/mol. The first-order valence-electron chi connectivity index (χ1n) is 4.43. The Morgan fingerprint density at radius 1 is 1.69 bits per heavy atom. The van der Waals surface area contributed by atoms with Crippen molar-refractivity contribution in [3.63, 3.8) is 0 Å². The Labute approximate surface area is 84.0 Å². The van der Waals surface area contributed by atoms with Crippen molar-refractivity contribution < 1.29 is 14.6 Å². The van der Waals surface area contributed by atoms with E-state index in [1.807, 2.05) is 6.92 Å². The fourth-order valence-corrected chi connectivity index (χ4v) is 0.905. The van der Waals surface area contributed by atoms with Gasteiger partial charge in [0.1, 0.15) is 11.0 Å². The lowest BCUT2D eigenvalue weighted by Gasteiger charge is -2.28. The molecular formula is C9H17ClO3. The van der Waals surface area contributed by atoms with Crippen LogP contribution in [0.25, 0.3) is 0 Å². The third-order valence-electron chi connectivity index (χ3n) is 2.06. The van der Waals surface area contributed by atoms with Gasteiger partial charge in [-0.15, -0.1) is 11.6 Å². The Morgan fingerprint density at radius 3 is 2.54 bits per heavy atom. The number of esters is 1. The van der Waals surface area contributed by atoms with E-state index in [9.17, 15) is 4.79 Å². The molecule has 1 N–H and O–H groups in total. The van der Waals surface area contributed by atoms with E-state index in [1.54, 1.807) is 13.8 Å². The first-order valence-corrected chi connectivity index (χ1v) is 4.86. The molecule has 3 nitrogen and oxygen atoms in total. The van der Waals surface area contributed by atoms with Crippen LogP contribution in [0.5, 0.6) is 0 Å². The van der Waals surface area contributed by atoms with Gasteiger partial charge in [0.15, 0.2) is 0 Å². The second kappa shape index (κ2) is 5.45. The lowest BCUT2D eigenvalue weighted by atomic mass is 9.99. The largest absolute Gasteiger partial charge is 0.458 e. The highest BCUT2D eigenvalue weighted by Crippen LogP contribution is 2.20. The number of hydrogen-bond donors (Lipinski definition) is 1. The monoisotopic (exact) mass is 208 g/mol. The molecule has 2 unspecified atom stereocenters. The summed E-state index contributed by atoms with van der Waals surface area (Å²) in [6, 6.07) is 0. The average Bonchev–Trinajstić information content (AvgIpc) is 2.04. The fraction of sp³-hybridized carbons (Fsp3) is 0.889. The van der Waals surface area contributed by atoms with Gasteiger partial charge in [0.2, 0.25) is 0 Å². The molecule has 0 amide bonds. The van der Waals surface area contributed by atoms with Crippen LogP contribution < -0.4 is 0 Å². The van der Waals surface area contributed by atoms with Crippen LogP contribution >= 0.6 is 11.6 Å². The number of alkyl halides is 1. The molecule has 2 atom stereocenters. The van der Waals surface area contributed by atoms with Crippen molar-refractivity contribution in [2.75, 3.05) is 6.61 Å². The van der Waals surface area contributed by atoms with Crippen molar-refractivity contribution in [2.24, 2.45) is 0 Å². The smallest absolute Gasteiger partial charge is 0.324 e. The van der Waals surface area contributed by atoms with Crippen molar-refractivity contribution in [1.29, 1.82) is 0 Å². The molecule has 78 valence electrons. The van der Waals surface area contributed by atoms with Gasteiger partial charge >= 0.3 is 5.97 Å². The number of ether oxygens (including phenoxy) is 1. The standard InChI is InChI=1S/C9H17ClO3/c1-4-9(3,5-6-11)13-8(12)7(2)10/h7,11H,4-6H2,1-3H3. The highest BCUT2D eigenvalue weighted by Gasteiger charge is 2.27. The number of carbonyl (C=O) groups is 1. The minimum atomic E-state index is -0.635. The second-order valence-electron chi connectivity index (χ2n) is 3.31. The molecule has 13 heavy (non-hydrogen) atoms. The van der Waals surface area contributed by atoms with Crippen LogP contribution in [0, 0.1) is 0 Å². The van der Waals surface area contributed by atoms with Crippen LogP contribution in [0.2, 0.25) is 0 Å². The zero-order valence-corrected chi connectivity index (χ0v) is 9.10. The Balaban J connectivity index is 4.18. The van der Waals surface area contributed by atoms with Gasteiger partial charge in [-0.05, 0) is 20.3 Å². The molecule has 0 aromatic heterocycles. The Morgan fingerprint density at radius 2 is 2.23 bits per heavy atom. The normalized spacial score (nSPS) is 17.6. The quantitative estimate of drug-likeness (QED) is 0.553. The third-order valence-corrected chi connectivity index (χ3v) is 2.24. The maximum Gasteiger partial charge on any atom is 0.324 e. The van der Waals surface area contributed by atoms with Gasteiger partial charge in [0.25, 0.3) is 0 Å². The van der Waals surface area contributed by atoms with Crippen molar-refractivity contribution in [2.45, 2.75) is 44.6 Å². The minimum Gasteiger partial charge on any atom is -0.458 e. The summed E-state index contributed by atoms with van der Waals surface area (Å²) in [6.07, 6.45) is 1.11. The number of carbonyl (C=O) groups excluding carboxylic acids is 1. The Bertz CT molecular complexity index is 170. The molecule has 0 aromatic carbocycles. The Hall–Kier alpha value is -0.280. The number of rotatable bonds is 5. The minimum absolute atomic E-state index is 0.00822. The topological polar surface area (TPSA) is 46.5 Å². The number of hydrogen-bond acceptors (Lipinski definition) is 3. The molecule has 0 radical (unpaired) electrons. The van der Waals surface area contributed by atoms with Gasteiger partial charge in [0, 0.05) is 13.0 Å². The molecule has 0 heterocycles. The zero-order chi connectivity index (χ0) is 10.5. The molecule has 0 saturated heterocycles. The molecule has 0 saturated carbocycles. The van der Waals surface area contributed by atoms with Gasteiger partial charge in [-0.25, -0.2) is 0 Å². The van der Waals surface area contributed by atoms with Crippen LogP contribution in [0.15, 0.2) is 0 Å². The van der Waals surface area contributed by atoms with E-state index in [1.165, 1.54) is 0 Å². The summed E-state index contributed by atoms with van der Waals surface area (Å²) in [6.45, 7) is 5.27. The van der Waals surface area contributed by atoms with Gasteiger partial charge in [-0.1, -0.05) is 6.92 Å². The molecule has 0 spiro atoms. The van der Waals surface area contributed by atoms with Crippen molar-refractivity contribution >= 4 is 17.6 Å². The molecule has 0 bridgehead atoms. The molecule has 0 aliphatic carbocycles. The van der Waals surface area contributed by atoms with E-state index < -0.39 is 16.9 Å². The lowest BCUT2D eigenvalue weighted by Crippen LogP contribution is -2.34. The van der Waals surface area contributed by atoms with Crippen LogP contribution in [0.1, 0.15) is 33.6 Å². The van der Waals surface area contributed by atoms with Crippen LogP contribution in [-0.4, -0.2) is 28.7 Å². The maximum atomic E-state index is 11.2. The van der Waals surface area contributed by atoms with E-state index in [2.05, 4.69) is 0 Å². The summed E-state index contributed by atoms with van der Waals surface area (Å²) < 4.78 is 5.16. The van der Waals surface area contributed by atoms with Gasteiger partial charge in [-0.2, -0.15) is 0 Å². The molecule has 0 rings (SSSR count). The van der Waals surface area contributed by atoms with E-state index in [4.69, 9.17) is 21.4 Å². The summed E-state index contributed by atoms with van der Waals surface area (Å²) in [7, 11) is 0. The van der Waals surface area contributed by atoms with Crippen molar-refractivity contribution in [1.82, 2.24) is 0 Å². The van der Waals surface area contributed by atoms with Crippen LogP contribution in [0.4, 0.5) is 0 Å². The highest BCUT2D eigenvalue weighted by atomic mass is 35.5. The highest BCUT2D eigenvalue weighted by molar-refractivity contribution is 6.29. The summed E-state index contributed by atoms with van der Waals surface area (Å²) in [5.41, 5.74) is -0.588. The van der Waals surface area contributed by atoms with Gasteiger partial charge < -0.3 is 9.84 Å². The van der Waals surface area contributed by atoms with E-state index in [-0.39, 0.29) is 6.61 Å². The van der Waals surface area contributed by atoms with Crippen LogP contribution in [-0.2, 0) is 9.53 Å². The van der Waals surface area contributed by atoms with E-state index >= 15 is 0 Å². The molecule has 0 aromatic rings.